The van der Waals surface area contributed by atoms with Crippen LogP contribution >= 0.6 is 0 Å². The van der Waals surface area contributed by atoms with E-state index in [-0.39, 0.29) is 6.61 Å². The van der Waals surface area contributed by atoms with Gasteiger partial charge >= 0.3 is 0 Å². The Bertz CT molecular complexity index is 342. The van der Waals surface area contributed by atoms with Crippen LogP contribution in [0.25, 0.3) is 0 Å². The van der Waals surface area contributed by atoms with E-state index in [4.69, 9.17) is 15.6 Å². The number of nitrogens with zero attached hydrogens (tertiary/aromatic N) is 2. The predicted molar refractivity (Wildman–Crippen MR) is 49.6 cm³/mol. The first-order valence-corrected chi connectivity index (χ1v) is 4.55. The van der Waals surface area contributed by atoms with Crippen LogP contribution in [-0.4, -0.2) is 49.8 Å². The maximum absolute atomic E-state index is 9.66. The molecule has 1 aromatic heterocycles. The van der Waals surface area contributed by atoms with Gasteiger partial charge in [-0.3, -0.25) is 4.57 Å². The number of nitrogen functional groups attached to an aromatic ring is 1. The average molecular weight is 215 g/mol. The lowest BCUT2D eigenvalue weighted by Gasteiger charge is -2.16. The first-order valence-electron chi connectivity index (χ1n) is 4.55. The maximum Gasteiger partial charge on any atom is 0.165 e. The van der Waals surface area contributed by atoms with E-state index in [1.54, 1.807) is 0 Å². The highest BCUT2D eigenvalue weighted by molar-refractivity contribution is 5.25. The number of rotatable bonds is 2. The minimum absolute atomic E-state index is 0.324. The summed E-state index contributed by atoms with van der Waals surface area (Å²) < 4.78 is 6.66. The molecule has 1 aliphatic heterocycles. The highest BCUT2D eigenvalue weighted by Crippen LogP contribution is 2.30. The van der Waals surface area contributed by atoms with E-state index in [1.807, 2.05) is 0 Å². The molecular formula is C8H13N3O4. The van der Waals surface area contributed by atoms with Crippen molar-refractivity contribution in [2.75, 3.05) is 12.3 Å². The summed E-state index contributed by atoms with van der Waals surface area (Å²) >= 11 is 0. The molecule has 84 valence electrons. The van der Waals surface area contributed by atoms with Gasteiger partial charge in [-0.05, 0) is 0 Å². The van der Waals surface area contributed by atoms with Crippen LogP contribution in [0.4, 0.5) is 5.82 Å². The predicted octanol–water partition coefficient (Wildman–Crippen LogP) is -1.92. The highest BCUT2D eigenvalue weighted by Gasteiger charge is 2.43. The van der Waals surface area contributed by atoms with Crippen molar-refractivity contribution in [2.24, 2.45) is 0 Å². The second-order valence-corrected chi connectivity index (χ2v) is 3.45. The molecule has 0 aliphatic carbocycles. The molecule has 0 radical (unpaired) electrons. The van der Waals surface area contributed by atoms with Gasteiger partial charge in [-0.2, -0.15) is 0 Å². The SMILES string of the molecule is Nc1cncn1[C@H]1O[C@H](CO)[C@@H](O)[C@H]1O. The molecule has 0 amide bonds. The molecule has 1 aromatic rings. The van der Waals surface area contributed by atoms with Crippen molar-refractivity contribution in [2.45, 2.75) is 24.5 Å². The Balaban J connectivity index is 2.22. The van der Waals surface area contributed by atoms with Crippen LogP contribution in [0.1, 0.15) is 6.23 Å². The summed E-state index contributed by atoms with van der Waals surface area (Å²) in [6.45, 7) is -0.358. The van der Waals surface area contributed by atoms with E-state index >= 15 is 0 Å². The van der Waals surface area contributed by atoms with Gasteiger partial charge in [0.25, 0.3) is 0 Å². The van der Waals surface area contributed by atoms with Gasteiger partial charge in [0.15, 0.2) is 6.23 Å². The van der Waals surface area contributed by atoms with E-state index in [9.17, 15) is 10.2 Å². The van der Waals surface area contributed by atoms with Gasteiger partial charge in [0.2, 0.25) is 0 Å². The van der Waals surface area contributed by atoms with Gasteiger partial charge in [0, 0.05) is 0 Å². The van der Waals surface area contributed by atoms with E-state index in [0.29, 0.717) is 5.82 Å². The molecule has 0 saturated carbocycles. The number of hydrogen-bond donors (Lipinski definition) is 4. The Morgan fingerprint density at radius 1 is 1.47 bits per heavy atom. The zero-order chi connectivity index (χ0) is 11.0. The molecule has 5 N–H and O–H groups in total. The largest absolute Gasteiger partial charge is 0.394 e. The second kappa shape index (κ2) is 3.78. The summed E-state index contributed by atoms with van der Waals surface area (Å²) in [4.78, 5) is 3.78. The summed E-state index contributed by atoms with van der Waals surface area (Å²) in [5.74, 6) is 0.324. The Morgan fingerprint density at radius 2 is 2.20 bits per heavy atom. The third-order valence-corrected chi connectivity index (χ3v) is 2.49. The Kier molecular flexibility index (Phi) is 2.61. The summed E-state index contributed by atoms with van der Waals surface area (Å²) in [6, 6.07) is 0. The molecule has 0 unspecified atom stereocenters. The first-order chi connectivity index (χ1) is 7.15. The molecule has 0 spiro atoms. The highest BCUT2D eigenvalue weighted by atomic mass is 16.6. The Labute approximate surface area is 85.7 Å². The normalized spacial score (nSPS) is 35.9. The van der Waals surface area contributed by atoms with Crippen LogP contribution in [0.5, 0.6) is 0 Å². The molecule has 1 aliphatic rings. The molecule has 0 bridgehead atoms. The van der Waals surface area contributed by atoms with Crippen LogP contribution < -0.4 is 5.73 Å². The zero-order valence-electron chi connectivity index (χ0n) is 7.89. The van der Waals surface area contributed by atoms with Crippen LogP contribution in [0.2, 0.25) is 0 Å². The van der Waals surface area contributed by atoms with Crippen molar-refractivity contribution in [1.82, 2.24) is 9.55 Å². The smallest absolute Gasteiger partial charge is 0.165 e. The van der Waals surface area contributed by atoms with Crippen LogP contribution in [-0.2, 0) is 4.74 Å². The molecule has 2 rings (SSSR count). The van der Waals surface area contributed by atoms with Crippen LogP contribution in [0, 0.1) is 0 Å². The van der Waals surface area contributed by atoms with Crippen LogP contribution in [0.3, 0.4) is 0 Å². The number of ether oxygens (including phenoxy) is 1. The number of imidazole rings is 1. The lowest BCUT2D eigenvalue weighted by Crippen LogP contribution is -2.33. The third-order valence-electron chi connectivity index (χ3n) is 2.49. The second-order valence-electron chi connectivity index (χ2n) is 3.45. The number of aromatic nitrogens is 2. The molecule has 7 heteroatoms. The van der Waals surface area contributed by atoms with Crippen molar-refractivity contribution in [3.8, 4) is 0 Å². The fourth-order valence-electron chi connectivity index (χ4n) is 1.64. The number of aliphatic hydroxyl groups is 3. The van der Waals surface area contributed by atoms with E-state index in [2.05, 4.69) is 4.98 Å². The van der Waals surface area contributed by atoms with E-state index in [1.165, 1.54) is 17.1 Å². The van der Waals surface area contributed by atoms with Crippen LogP contribution in [0.15, 0.2) is 12.5 Å². The van der Waals surface area contributed by atoms with Crippen molar-refractivity contribution >= 4 is 5.82 Å². The van der Waals surface area contributed by atoms with Gasteiger partial charge < -0.3 is 25.8 Å². The quantitative estimate of drug-likeness (QED) is 0.457. The third kappa shape index (κ3) is 1.59. The number of aliphatic hydroxyl groups excluding tert-OH is 3. The Hall–Kier alpha value is -1.15. The average Bonchev–Trinajstić information content (AvgIpc) is 2.74. The summed E-state index contributed by atoms with van der Waals surface area (Å²) in [6.07, 6.45) is -1.04. The molecule has 0 aromatic carbocycles. The standard InChI is InChI=1S/C8H13N3O4/c9-5-1-10-3-11(5)8-7(14)6(13)4(2-12)15-8/h1,3-4,6-8,12-14H,2,9H2/t4-,6-,7-,8+/m1/s1. The zero-order valence-corrected chi connectivity index (χ0v) is 7.89. The molecule has 1 fully saturated rings. The summed E-state index contributed by atoms with van der Waals surface area (Å²) in [7, 11) is 0. The van der Waals surface area contributed by atoms with Gasteiger partial charge in [-0.1, -0.05) is 0 Å². The molecular weight excluding hydrogens is 202 g/mol. The van der Waals surface area contributed by atoms with Gasteiger partial charge in [0.1, 0.15) is 24.1 Å². The first kappa shape index (κ1) is 10.4. The molecule has 2 heterocycles. The summed E-state index contributed by atoms with van der Waals surface area (Å²) in [5, 5.41) is 28.1. The van der Waals surface area contributed by atoms with Crippen molar-refractivity contribution in [3.63, 3.8) is 0 Å². The van der Waals surface area contributed by atoms with Gasteiger partial charge in [-0.25, -0.2) is 4.98 Å². The van der Waals surface area contributed by atoms with Crippen molar-refractivity contribution in [1.29, 1.82) is 0 Å². The van der Waals surface area contributed by atoms with Gasteiger partial charge in [-0.15, -0.1) is 0 Å². The minimum atomic E-state index is -1.13. The summed E-state index contributed by atoms with van der Waals surface area (Å²) in [5.41, 5.74) is 5.58. The lowest BCUT2D eigenvalue weighted by atomic mass is 10.1. The maximum atomic E-state index is 9.66. The number of hydrogen-bond acceptors (Lipinski definition) is 6. The van der Waals surface area contributed by atoms with E-state index in [0.717, 1.165) is 0 Å². The molecule has 15 heavy (non-hydrogen) atoms. The van der Waals surface area contributed by atoms with Crippen molar-refractivity contribution < 1.29 is 20.1 Å². The lowest BCUT2D eigenvalue weighted by molar-refractivity contribution is -0.0517. The molecule has 1 saturated heterocycles. The number of nitrogens with two attached hydrogens (primary N) is 1. The van der Waals surface area contributed by atoms with Gasteiger partial charge in [0.05, 0.1) is 19.1 Å². The minimum Gasteiger partial charge on any atom is -0.394 e. The van der Waals surface area contributed by atoms with Crippen molar-refractivity contribution in [3.05, 3.63) is 12.5 Å². The molecule has 4 atom stereocenters. The topological polar surface area (TPSA) is 114 Å². The fourth-order valence-corrected chi connectivity index (χ4v) is 1.64. The number of anilines is 1. The van der Waals surface area contributed by atoms with E-state index < -0.39 is 24.5 Å². The Morgan fingerprint density at radius 3 is 2.67 bits per heavy atom. The fraction of sp³-hybridized carbons (Fsp3) is 0.625. The monoisotopic (exact) mass is 215 g/mol. The molecule has 7 nitrogen and oxygen atoms in total.